The fourth-order valence-electron chi connectivity index (χ4n) is 2.04. The molecular weight excluding hydrogens is 263 g/mol. The van der Waals surface area contributed by atoms with Crippen molar-refractivity contribution in [1.29, 1.82) is 0 Å². The van der Waals surface area contributed by atoms with E-state index < -0.39 is 6.10 Å². The third-order valence-electron chi connectivity index (χ3n) is 3.05. The summed E-state index contributed by atoms with van der Waals surface area (Å²) in [5.74, 6) is -0.264. The van der Waals surface area contributed by atoms with Gasteiger partial charge in [-0.15, -0.1) is 0 Å². The highest BCUT2D eigenvalue weighted by Gasteiger charge is 2.09. The molecule has 2 aromatic carbocycles. The van der Waals surface area contributed by atoms with Crippen molar-refractivity contribution in [2.45, 2.75) is 25.9 Å². The Labute approximate surface area is 117 Å². The predicted octanol–water partition coefficient (Wildman–Crippen LogP) is 3.93. The molecule has 3 heteroatoms. The normalized spacial score (nSPS) is 12.4. The lowest BCUT2D eigenvalue weighted by molar-refractivity contribution is 0.175. The fourth-order valence-corrected chi connectivity index (χ4v) is 2.35. The minimum atomic E-state index is -0.523. The topological polar surface area (TPSA) is 20.2 Å². The van der Waals surface area contributed by atoms with E-state index in [9.17, 15) is 9.50 Å². The summed E-state index contributed by atoms with van der Waals surface area (Å²) in [4.78, 5) is 0. The molecule has 0 saturated carbocycles. The average Bonchev–Trinajstić information content (AvgIpc) is 2.36. The molecule has 0 aliphatic heterocycles. The Bertz CT molecular complexity index is 551. The highest BCUT2D eigenvalue weighted by molar-refractivity contribution is 6.31. The number of rotatable bonds is 4. The zero-order valence-corrected chi connectivity index (χ0v) is 11.5. The van der Waals surface area contributed by atoms with Gasteiger partial charge in [-0.2, -0.15) is 0 Å². The summed E-state index contributed by atoms with van der Waals surface area (Å²) in [7, 11) is 0. The minimum Gasteiger partial charge on any atom is -0.392 e. The molecule has 0 fully saturated rings. The van der Waals surface area contributed by atoms with Crippen molar-refractivity contribution in [3.8, 4) is 0 Å². The van der Waals surface area contributed by atoms with Gasteiger partial charge in [0, 0.05) is 11.4 Å². The molecule has 0 aliphatic carbocycles. The molecule has 0 saturated heterocycles. The molecule has 0 bridgehead atoms. The quantitative estimate of drug-likeness (QED) is 0.898. The van der Waals surface area contributed by atoms with Crippen LogP contribution >= 0.6 is 11.6 Å². The van der Waals surface area contributed by atoms with Crippen LogP contribution in [0.2, 0.25) is 5.02 Å². The summed E-state index contributed by atoms with van der Waals surface area (Å²) < 4.78 is 12.8. The van der Waals surface area contributed by atoms with Crippen LogP contribution in [0.4, 0.5) is 4.39 Å². The van der Waals surface area contributed by atoms with Crippen LogP contribution in [0.25, 0.3) is 0 Å². The first kappa shape index (κ1) is 14.0. The number of aryl methyl sites for hydroxylation is 1. The monoisotopic (exact) mass is 278 g/mol. The molecule has 0 spiro atoms. The molecule has 0 radical (unpaired) electrons. The first-order chi connectivity index (χ1) is 9.04. The molecule has 0 heterocycles. The fraction of sp³-hybridized carbons (Fsp3) is 0.250. The molecule has 0 aromatic heterocycles. The van der Waals surface area contributed by atoms with Gasteiger partial charge in [-0.1, -0.05) is 35.9 Å². The number of halogens is 2. The van der Waals surface area contributed by atoms with Gasteiger partial charge in [0.15, 0.2) is 0 Å². The molecule has 2 rings (SSSR count). The lowest BCUT2D eigenvalue weighted by atomic mass is 10.0. The Hall–Kier alpha value is -1.38. The minimum absolute atomic E-state index is 0.264. The highest BCUT2D eigenvalue weighted by atomic mass is 35.5. The van der Waals surface area contributed by atoms with Crippen LogP contribution in [0.3, 0.4) is 0 Å². The highest BCUT2D eigenvalue weighted by Crippen LogP contribution is 2.20. The standard InChI is InChI=1S/C16H16ClFO/c1-11-2-5-13(16(17)8-11)10-15(19)9-12-3-6-14(18)7-4-12/h2-8,15,19H,9-10H2,1H3. The van der Waals surface area contributed by atoms with Crippen LogP contribution in [0.5, 0.6) is 0 Å². The Balaban J connectivity index is 2.01. The van der Waals surface area contributed by atoms with Crippen LogP contribution in [0.1, 0.15) is 16.7 Å². The van der Waals surface area contributed by atoms with Crippen molar-refractivity contribution in [1.82, 2.24) is 0 Å². The Morgan fingerprint density at radius 1 is 1.11 bits per heavy atom. The van der Waals surface area contributed by atoms with E-state index in [0.29, 0.717) is 17.9 Å². The zero-order chi connectivity index (χ0) is 13.8. The third kappa shape index (κ3) is 4.05. The van der Waals surface area contributed by atoms with Crippen molar-refractivity contribution in [2.24, 2.45) is 0 Å². The SMILES string of the molecule is Cc1ccc(CC(O)Cc2ccc(F)cc2)c(Cl)c1. The van der Waals surface area contributed by atoms with Crippen molar-refractivity contribution >= 4 is 11.6 Å². The van der Waals surface area contributed by atoms with Crippen LogP contribution < -0.4 is 0 Å². The smallest absolute Gasteiger partial charge is 0.123 e. The largest absolute Gasteiger partial charge is 0.392 e. The van der Waals surface area contributed by atoms with Crippen molar-refractivity contribution in [3.63, 3.8) is 0 Å². The van der Waals surface area contributed by atoms with Crippen LogP contribution in [0, 0.1) is 12.7 Å². The van der Waals surface area contributed by atoms with E-state index >= 15 is 0 Å². The maximum Gasteiger partial charge on any atom is 0.123 e. The zero-order valence-electron chi connectivity index (χ0n) is 10.7. The lowest BCUT2D eigenvalue weighted by Gasteiger charge is -2.12. The van der Waals surface area contributed by atoms with E-state index in [0.717, 1.165) is 16.7 Å². The Morgan fingerprint density at radius 2 is 1.79 bits per heavy atom. The van der Waals surface area contributed by atoms with Gasteiger partial charge in [0.05, 0.1) is 6.10 Å². The van der Waals surface area contributed by atoms with E-state index in [1.165, 1.54) is 12.1 Å². The van der Waals surface area contributed by atoms with Gasteiger partial charge in [0.2, 0.25) is 0 Å². The molecule has 1 N–H and O–H groups in total. The average molecular weight is 279 g/mol. The Kier molecular flexibility index (Phi) is 4.56. The predicted molar refractivity (Wildman–Crippen MR) is 76.0 cm³/mol. The summed E-state index contributed by atoms with van der Waals surface area (Å²) >= 11 is 6.14. The lowest BCUT2D eigenvalue weighted by Crippen LogP contribution is -2.14. The summed E-state index contributed by atoms with van der Waals surface area (Å²) in [5, 5.41) is 10.7. The van der Waals surface area contributed by atoms with Gasteiger partial charge in [0.1, 0.15) is 5.82 Å². The van der Waals surface area contributed by atoms with Crippen LogP contribution in [-0.2, 0) is 12.8 Å². The van der Waals surface area contributed by atoms with Gasteiger partial charge in [-0.3, -0.25) is 0 Å². The van der Waals surface area contributed by atoms with Crippen molar-refractivity contribution < 1.29 is 9.50 Å². The van der Waals surface area contributed by atoms with E-state index in [4.69, 9.17) is 11.6 Å². The number of benzene rings is 2. The second-order valence-electron chi connectivity index (χ2n) is 4.78. The van der Waals surface area contributed by atoms with Gasteiger partial charge in [-0.25, -0.2) is 4.39 Å². The molecule has 1 atom stereocenters. The molecule has 0 aliphatic rings. The molecule has 2 aromatic rings. The van der Waals surface area contributed by atoms with E-state index in [-0.39, 0.29) is 5.82 Å². The summed E-state index contributed by atoms with van der Waals surface area (Å²) in [6, 6.07) is 12.0. The summed E-state index contributed by atoms with van der Waals surface area (Å²) in [6.07, 6.45) is 0.465. The molecule has 1 unspecified atom stereocenters. The first-order valence-electron chi connectivity index (χ1n) is 6.22. The van der Waals surface area contributed by atoms with Crippen LogP contribution in [-0.4, -0.2) is 11.2 Å². The van der Waals surface area contributed by atoms with E-state index in [2.05, 4.69) is 0 Å². The number of hydrogen-bond donors (Lipinski definition) is 1. The Morgan fingerprint density at radius 3 is 2.42 bits per heavy atom. The molecular formula is C16H16ClFO. The first-order valence-corrected chi connectivity index (χ1v) is 6.60. The summed E-state index contributed by atoms with van der Waals surface area (Å²) in [6.45, 7) is 1.98. The molecule has 19 heavy (non-hydrogen) atoms. The second-order valence-corrected chi connectivity index (χ2v) is 5.19. The van der Waals surface area contributed by atoms with Gasteiger partial charge in [0.25, 0.3) is 0 Å². The van der Waals surface area contributed by atoms with Gasteiger partial charge >= 0.3 is 0 Å². The molecule has 1 nitrogen and oxygen atoms in total. The number of hydrogen-bond acceptors (Lipinski definition) is 1. The number of aliphatic hydroxyl groups is 1. The van der Waals surface area contributed by atoms with Gasteiger partial charge < -0.3 is 5.11 Å². The van der Waals surface area contributed by atoms with Crippen LogP contribution in [0.15, 0.2) is 42.5 Å². The second kappa shape index (κ2) is 6.18. The van der Waals surface area contributed by atoms with Crippen molar-refractivity contribution in [2.75, 3.05) is 0 Å². The maximum absolute atomic E-state index is 12.8. The third-order valence-corrected chi connectivity index (χ3v) is 3.40. The maximum atomic E-state index is 12.8. The summed E-state index contributed by atoms with van der Waals surface area (Å²) in [5.41, 5.74) is 2.95. The van der Waals surface area contributed by atoms with Crippen molar-refractivity contribution in [3.05, 3.63) is 70.0 Å². The molecule has 100 valence electrons. The van der Waals surface area contributed by atoms with E-state index in [1.54, 1.807) is 12.1 Å². The number of aliphatic hydroxyl groups excluding tert-OH is 1. The van der Waals surface area contributed by atoms with Gasteiger partial charge in [-0.05, 0) is 48.2 Å². The molecule has 0 amide bonds. The van der Waals surface area contributed by atoms with E-state index in [1.807, 2.05) is 25.1 Å².